The molecule has 1 aliphatic heterocycles. The summed E-state index contributed by atoms with van der Waals surface area (Å²) in [5.41, 5.74) is 13.0. The van der Waals surface area contributed by atoms with Crippen molar-refractivity contribution in [2.24, 2.45) is 17.4 Å². The van der Waals surface area contributed by atoms with Gasteiger partial charge in [0, 0.05) is 18.5 Å². The number of piperidine rings is 1. The Morgan fingerprint density at radius 2 is 1.80 bits per heavy atom. The zero-order valence-corrected chi connectivity index (χ0v) is 12.4. The van der Waals surface area contributed by atoms with E-state index in [1.54, 1.807) is 0 Å². The largest absolute Gasteiger partial charge is 0.389 e. The minimum atomic E-state index is -0.184. The summed E-state index contributed by atoms with van der Waals surface area (Å²) in [6.45, 7) is 2.98. The molecule has 0 spiro atoms. The van der Waals surface area contributed by atoms with Gasteiger partial charge in [-0.2, -0.15) is 0 Å². The van der Waals surface area contributed by atoms with Crippen molar-refractivity contribution in [3.8, 4) is 0 Å². The van der Waals surface area contributed by atoms with Crippen LogP contribution in [-0.4, -0.2) is 28.9 Å². The Bertz CT molecular complexity index is 478. The maximum Gasteiger partial charge on any atom is 0.217 e. The number of thiocarbonyl (C=S) groups is 1. The van der Waals surface area contributed by atoms with Gasteiger partial charge in [-0.25, -0.2) is 0 Å². The van der Waals surface area contributed by atoms with Crippen molar-refractivity contribution in [2.45, 2.75) is 25.8 Å². The molecule has 0 atom stereocenters. The van der Waals surface area contributed by atoms with E-state index in [2.05, 4.69) is 17.0 Å². The molecule has 1 fully saturated rings. The minimum absolute atomic E-state index is 0.184. The molecule has 1 amide bonds. The third-order valence-corrected chi connectivity index (χ3v) is 4.08. The van der Waals surface area contributed by atoms with Crippen molar-refractivity contribution in [1.29, 1.82) is 0 Å². The first-order valence-corrected chi connectivity index (χ1v) is 7.35. The highest BCUT2D eigenvalue weighted by Gasteiger charge is 2.20. The van der Waals surface area contributed by atoms with Gasteiger partial charge >= 0.3 is 0 Å². The van der Waals surface area contributed by atoms with Gasteiger partial charge in [-0.1, -0.05) is 36.5 Å². The van der Waals surface area contributed by atoms with Gasteiger partial charge in [-0.15, -0.1) is 0 Å². The van der Waals surface area contributed by atoms with E-state index in [0.717, 1.165) is 38.0 Å². The quantitative estimate of drug-likeness (QED) is 0.805. The standard InChI is InChI=1S/C15H21N3OS/c16-14(19)9-11-5-7-18(8-6-11)10-12-1-3-13(4-2-12)15(17)20/h1-4,11H,5-10H2,(H2,16,19)(H2,17,20). The Kier molecular flexibility index (Phi) is 5.09. The first-order chi connectivity index (χ1) is 9.54. The van der Waals surface area contributed by atoms with Gasteiger partial charge in [0.25, 0.3) is 0 Å². The summed E-state index contributed by atoms with van der Waals surface area (Å²) in [6, 6.07) is 8.09. The molecule has 108 valence electrons. The van der Waals surface area contributed by atoms with Crippen LogP contribution in [0.2, 0.25) is 0 Å². The Morgan fingerprint density at radius 1 is 1.20 bits per heavy atom. The second kappa shape index (κ2) is 6.81. The molecule has 0 unspecified atom stereocenters. The monoisotopic (exact) mass is 291 g/mol. The summed E-state index contributed by atoms with van der Waals surface area (Å²) in [5, 5.41) is 0. The molecule has 0 bridgehead atoms. The van der Waals surface area contributed by atoms with Crippen LogP contribution in [0.25, 0.3) is 0 Å². The fourth-order valence-electron chi connectivity index (χ4n) is 2.67. The summed E-state index contributed by atoms with van der Waals surface area (Å²) in [4.78, 5) is 13.8. The molecule has 0 radical (unpaired) electrons. The van der Waals surface area contributed by atoms with Crippen LogP contribution < -0.4 is 11.5 Å². The lowest BCUT2D eigenvalue weighted by Crippen LogP contribution is -2.34. The van der Waals surface area contributed by atoms with Gasteiger partial charge < -0.3 is 11.5 Å². The van der Waals surface area contributed by atoms with E-state index >= 15 is 0 Å². The summed E-state index contributed by atoms with van der Waals surface area (Å²) >= 11 is 4.94. The van der Waals surface area contributed by atoms with Gasteiger partial charge in [0.15, 0.2) is 0 Å². The zero-order chi connectivity index (χ0) is 14.5. The van der Waals surface area contributed by atoms with Crippen LogP contribution in [0, 0.1) is 5.92 Å². The third kappa shape index (κ3) is 4.28. The van der Waals surface area contributed by atoms with Crippen LogP contribution in [0.1, 0.15) is 30.4 Å². The average Bonchev–Trinajstić information content (AvgIpc) is 2.41. The number of carbonyl (C=O) groups excluding carboxylic acids is 1. The number of hydrogen-bond acceptors (Lipinski definition) is 3. The highest BCUT2D eigenvalue weighted by atomic mass is 32.1. The molecule has 4 N–H and O–H groups in total. The summed E-state index contributed by atoms with van der Waals surface area (Å²) in [5.74, 6) is 0.275. The van der Waals surface area contributed by atoms with E-state index in [4.69, 9.17) is 23.7 Å². The molecule has 1 saturated heterocycles. The number of hydrogen-bond donors (Lipinski definition) is 2. The Balaban J connectivity index is 1.83. The lowest BCUT2D eigenvalue weighted by molar-refractivity contribution is -0.119. The van der Waals surface area contributed by atoms with Crippen LogP contribution in [0.15, 0.2) is 24.3 Å². The zero-order valence-electron chi connectivity index (χ0n) is 11.5. The first kappa shape index (κ1) is 14.9. The normalized spacial score (nSPS) is 17.0. The predicted octanol–water partition coefficient (Wildman–Crippen LogP) is 1.41. The highest BCUT2D eigenvalue weighted by molar-refractivity contribution is 7.80. The molecule has 1 aliphatic rings. The lowest BCUT2D eigenvalue weighted by Gasteiger charge is -2.31. The van der Waals surface area contributed by atoms with Crippen LogP contribution in [-0.2, 0) is 11.3 Å². The molecule has 20 heavy (non-hydrogen) atoms. The van der Waals surface area contributed by atoms with E-state index in [9.17, 15) is 4.79 Å². The van der Waals surface area contributed by atoms with Crippen LogP contribution in [0.3, 0.4) is 0 Å². The Labute approximate surface area is 125 Å². The first-order valence-electron chi connectivity index (χ1n) is 6.94. The predicted molar refractivity (Wildman–Crippen MR) is 84.1 cm³/mol. The fraction of sp³-hybridized carbons (Fsp3) is 0.467. The second-order valence-electron chi connectivity index (χ2n) is 5.45. The number of primary amides is 1. The maximum atomic E-state index is 10.9. The summed E-state index contributed by atoms with van der Waals surface area (Å²) in [7, 11) is 0. The van der Waals surface area contributed by atoms with E-state index in [1.807, 2.05) is 12.1 Å². The van der Waals surface area contributed by atoms with Gasteiger partial charge in [-0.05, 0) is 37.4 Å². The number of amides is 1. The molecule has 1 heterocycles. The van der Waals surface area contributed by atoms with Crippen LogP contribution >= 0.6 is 12.2 Å². The molecule has 4 nitrogen and oxygen atoms in total. The van der Waals surface area contributed by atoms with Crippen molar-refractivity contribution in [3.05, 3.63) is 35.4 Å². The fourth-order valence-corrected chi connectivity index (χ4v) is 2.80. The Morgan fingerprint density at radius 3 is 2.30 bits per heavy atom. The third-order valence-electron chi connectivity index (χ3n) is 3.84. The number of nitrogens with zero attached hydrogens (tertiary/aromatic N) is 1. The Hall–Kier alpha value is -1.46. The highest BCUT2D eigenvalue weighted by Crippen LogP contribution is 2.21. The maximum absolute atomic E-state index is 10.9. The molecule has 0 aromatic heterocycles. The SMILES string of the molecule is NC(=O)CC1CCN(Cc2ccc(C(N)=S)cc2)CC1. The van der Waals surface area contributed by atoms with Crippen molar-refractivity contribution in [3.63, 3.8) is 0 Å². The molecule has 1 aromatic rings. The number of nitrogens with two attached hydrogens (primary N) is 2. The smallest absolute Gasteiger partial charge is 0.217 e. The van der Waals surface area contributed by atoms with E-state index in [-0.39, 0.29) is 5.91 Å². The molecular weight excluding hydrogens is 270 g/mol. The van der Waals surface area contributed by atoms with Crippen molar-refractivity contribution in [1.82, 2.24) is 4.90 Å². The van der Waals surface area contributed by atoms with Crippen LogP contribution in [0.5, 0.6) is 0 Å². The number of benzene rings is 1. The topological polar surface area (TPSA) is 72.4 Å². The minimum Gasteiger partial charge on any atom is -0.389 e. The number of rotatable bonds is 5. The van der Waals surface area contributed by atoms with Crippen molar-refractivity contribution >= 4 is 23.1 Å². The molecule has 2 rings (SSSR count). The molecular formula is C15H21N3OS. The van der Waals surface area contributed by atoms with Crippen LogP contribution in [0.4, 0.5) is 0 Å². The van der Waals surface area contributed by atoms with Crippen molar-refractivity contribution < 1.29 is 4.79 Å². The number of likely N-dealkylation sites (tertiary alicyclic amines) is 1. The van der Waals surface area contributed by atoms with Gasteiger partial charge in [0.1, 0.15) is 4.99 Å². The molecule has 1 aromatic carbocycles. The van der Waals surface area contributed by atoms with Gasteiger partial charge in [0.05, 0.1) is 0 Å². The molecule has 0 aliphatic carbocycles. The second-order valence-corrected chi connectivity index (χ2v) is 5.89. The lowest BCUT2D eigenvalue weighted by atomic mass is 9.93. The molecule has 5 heteroatoms. The van der Waals surface area contributed by atoms with Crippen molar-refractivity contribution in [2.75, 3.05) is 13.1 Å². The van der Waals surface area contributed by atoms with E-state index in [1.165, 1.54) is 5.56 Å². The van der Waals surface area contributed by atoms with E-state index < -0.39 is 0 Å². The summed E-state index contributed by atoms with van der Waals surface area (Å²) in [6.07, 6.45) is 2.62. The summed E-state index contributed by atoms with van der Waals surface area (Å²) < 4.78 is 0. The number of carbonyl (C=O) groups is 1. The average molecular weight is 291 g/mol. The molecule has 0 saturated carbocycles. The van der Waals surface area contributed by atoms with Gasteiger partial charge in [0.2, 0.25) is 5.91 Å². The van der Waals surface area contributed by atoms with Gasteiger partial charge in [-0.3, -0.25) is 9.69 Å². The van der Waals surface area contributed by atoms with E-state index in [0.29, 0.717) is 17.3 Å².